The number of aromatic amines is 2. The Morgan fingerprint density at radius 2 is 1.90 bits per heavy atom. The second-order valence-electron chi connectivity index (χ2n) is 6.07. The van der Waals surface area contributed by atoms with Crippen molar-refractivity contribution < 1.29 is 0 Å². The Morgan fingerprint density at radius 3 is 2.70 bits per heavy atom. The molecular weight excluding hydrogens is 250 g/mol. The molecule has 0 radical (unpaired) electrons. The molecule has 1 atom stereocenters. The fourth-order valence-electron chi connectivity index (χ4n) is 3.34. The fraction of sp³-hybridized carbons (Fsp3) is 0.562. The summed E-state index contributed by atoms with van der Waals surface area (Å²) in [6, 6.07) is 6.03. The number of nitrogens with one attached hydrogen (secondary N) is 2. The molecule has 1 aromatic carbocycles. The molecule has 1 aliphatic carbocycles. The Bertz CT molecular complexity index is 622. The molecule has 108 valence electrons. The third-order valence-electron chi connectivity index (χ3n) is 4.58. The number of rotatable bonds is 4. The predicted molar refractivity (Wildman–Crippen MR) is 81.7 cm³/mol. The van der Waals surface area contributed by atoms with Gasteiger partial charge in [0, 0.05) is 6.04 Å². The number of H-pyrrole nitrogens is 2. The molecular formula is C16H23N3O. The van der Waals surface area contributed by atoms with Crippen LogP contribution in [0.2, 0.25) is 0 Å². The highest BCUT2D eigenvalue weighted by atomic mass is 16.1. The third kappa shape index (κ3) is 2.96. The zero-order chi connectivity index (χ0) is 13.9. The first kappa shape index (κ1) is 13.4. The van der Waals surface area contributed by atoms with Gasteiger partial charge in [-0.15, -0.1) is 0 Å². The molecule has 4 nitrogen and oxygen atoms in total. The molecule has 1 aromatic heterocycles. The highest BCUT2D eigenvalue weighted by Gasteiger charge is 2.15. The van der Waals surface area contributed by atoms with Gasteiger partial charge in [0.25, 0.3) is 0 Å². The summed E-state index contributed by atoms with van der Waals surface area (Å²) in [7, 11) is 0. The van der Waals surface area contributed by atoms with E-state index in [1.807, 2.05) is 18.2 Å². The summed E-state index contributed by atoms with van der Waals surface area (Å²) >= 11 is 0. The maximum Gasteiger partial charge on any atom is 0.323 e. The predicted octanol–water partition coefficient (Wildman–Crippen LogP) is 3.22. The molecule has 0 bridgehead atoms. The Balaban J connectivity index is 1.65. The monoisotopic (exact) mass is 273 g/mol. The summed E-state index contributed by atoms with van der Waals surface area (Å²) in [6.45, 7) is 0. The van der Waals surface area contributed by atoms with Crippen molar-refractivity contribution in [2.75, 3.05) is 0 Å². The molecule has 0 spiro atoms. The molecule has 20 heavy (non-hydrogen) atoms. The molecule has 1 fully saturated rings. The van der Waals surface area contributed by atoms with Crippen LogP contribution in [0.4, 0.5) is 0 Å². The van der Waals surface area contributed by atoms with Crippen molar-refractivity contribution in [2.24, 2.45) is 11.7 Å². The highest BCUT2D eigenvalue weighted by molar-refractivity contribution is 5.75. The lowest BCUT2D eigenvalue weighted by atomic mass is 9.84. The Hall–Kier alpha value is -1.55. The van der Waals surface area contributed by atoms with Crippen LogP contribution < -0.4 is 11.4 Å². The van der Waals surface area contributed by atoms with Crippen LogP contribution in [0.1, 0.15) is 56.6 Å². The quantitative estimate of drug-likeness (QED) is 0.800. The minimum absolute atomic E-state index is 0.0692. The minimum atomic E-state index is -0.159. The second-order valence-corrected chi connectivity index (χ2v) is 6.07. The van der Waals surface area contributed by atoms with Gasteiger partial charge in [0.2, 0.25) is 0 Å². The van der Waals surface area contributed by atoms with Crippen molar-refractivity contribution in [3.05, 3.63) is 34.2 Å². The molecule has 4 heteroatoms. The van der Waals surface area contributed by atoms with E-state index in [0.717, 1.165) is 28.9 Å². The molecule has 0 saturated heterocycles. The molecule has 1 aliphatic rings. The minimum Gasteiger partial charge on any atom is -0.324 e. The van der Waals surface area contributed by atoms with Crippen molar-refractivity contribution in [3.63, 3.8) is 0 Å². The number of fused-ring (bicyclic) bond motifs is 1. The van der Waals surface area contributed by atoms with Crippen molar-refractivity contribution in [2.45, 2.75) is 51.0 Å². The van der Waals surface area contributed by atoms with Crippen molar-refractivity contribution >= 4 is 11.0 Å². The summed E-state index contributed by atoms with van der Waals surface area (Å²) in [4.78, 5) is 16.8. The normalized spacial score (nSPS) is 18.4. The second kappa shape index (κ2) is 5.83. The van der Waals surface area contributed by atoms with Crippen LogP contribution in [0.15, 0.2) is 23.0 Å². The standard InChI is InChI=1S/C16H23N3O/c17-13(8-6-11-4-2-1-3-5-11)12-7-9-14-15(10-12)19-16(20)18-14/h7,9-11,13H,1-6,8,17H2,(H2,18,19,20). The van der Waals surface area contributed by atoms with Crippen LogP contribution in [0.5, 0.6) is 0 Å². The molecule has 0 aliphatic heterocycles. The first-order chi connectivity index (χ1) is 9.72. The lowest BCUT2D eigenvalue weighted by molar-refractivity contribution is 0.324. The van der Waals surface area contributed by atoms with Gasteiger partial charge in [0.05, 0.1) is 11.0 Å². The number of benzene rings is 1. The smallest absolute Gasteiger partial charge is 0.323 e. The van der Waals surface area contributed by atoms with E-state index in [-0.39, 0.29) is 11.7 Å². The van der Waals surface area contributed by atoms with E-state index in [1.54, 1.807) is 0 Å². The van der Waals surface area contributed by atoms with Crippen LogP contribution in [0.3, 0.4) is 0 Å². The van der Waals surface area contributed by atoms with Gasteiger partial charge in [-0.1, -0.05) is 38.2 Å². The van der Waals surface area contributed by atoms with Gasteiger partial charge in [-0.3, -0.25) is 0 Å². The van der Waals surface area contributed by atoms with Crippen LogP contribution in [-0.4, -0.2) is 9.97 Å². The van der Waals surface area contributed by atoms with Gasteiger partial charge in [-0.05, 0) is 36.5 Å². The Morgan fingerprint density at radius 1 is 1.15 bits per heavy atom. The van der Waals surface area contributed by atoms with E-state index < -0.39 is 0 Å². The molecule has 3 rings (SSSR count). The summed E-state index contributed by atoms with van der Waals surface area (Å²) in [5.41, 5.74) is 8.96. The maximum atomic E-state index is 11.3. The lowest BCUT2D eigenvalue weighted by Gasteiger charge is -2.23. The van der Waals surface area contributed by atoms with Crippen LogP contribution in [-0.2, 0) is 0 Å². The molecule has 1 unspecified atom stereocenters. The van der Waals surface area contributed by atoms with Gasteiger partial charge in [0.1, 0.15) is 0 Å². The molecule has 2 aromatic rings. The van der Waals surface area contributed by atoms with E-state index in [9.17, 15) is 4.79 Å². The summed E-state index contributed by atoms with van der Waals surface area (Å²) in [6.07, 6.45) is 9.18. The van der Waals surface area contributed by atoms with Gasteiger partial charge in [0.15, 0.2) is 0 Å². The average Bonchev–Trinajstić information content (AvgIpc) is 2.85. The van der Waals surface area contributed by atoms with Crippen LogP contribution in [0.25, 0.3) is 11.0 Å². The largest absolute Gasteiger partial charge is 0.324 e. The summed E-state index contributed by atoms with van der Waals surface area (Å²) in [5, 5.41) is 0. The van der Waals surface area contributed by atoms with E-state index in [0.29, 0.717) is 0 Å². The Kier molecular flexibility index (Phi) is 3.92. The van der Waals surface area contributed by atoms with Gasteiger partial charge in [-0.2, -0.15) is 0 Å². The van der Waals surface area contributed by atoms with Gasteiger partial charge < -0.3 is 15.7 Å². The van der Waals surface area contributed by atoms with Crippen molar-refractivity contribution in [1.29, 1.82) is 0 Å². The topological polar surface area (TPSA) is 74.7 Å². The lowest BCUT2D eigenvalue weighted by Crippen LogP contribution is -2.14. The molecule has 4 N–H and O–H groups in total. The number of imidazole rings is 1. The molecule has 0 amide bonds. The first-order valence-corrected chi connectivity index (χ1v) is 7.70. The fourth-order valence-corrected chi connectivity index (χ4v) is 3.34. The highest BCUT2D eigenvalue weighted by Crippen LogP contribution is 2.30. The van der Waals surface area contributed by atoms with Crippen molar-refractivity contribution in [3.8, 4) is 0 Å². The first-order valence-electron chi connectivity index (χ1n) is 7.70. The zero-order valence-electron chi connectivity index (χ0n) is 11.8. The number of hydrogen-bond donors (Lipinski definition) is 3. The molecule has 1 saturated carbocycles. The van der Waals surface area contributed by atoms with Crippen molar-refractivity contribution in [1.82, 2.24) is 9.97 Å². The SMILES string of the molecule is NC(CCC1CCCCC1)c1ccc2[nH]c(=O)[nH]c2c1. The van der Waals surface area contributed by atoms with E-state index in [2.05, 4.69) is 9.97 Å². The summed E-state index contributed by atoms with van der Waals surface area (Å²) in [5.74, 6) is 0.866. The third-order valence-corrected chi connectivity index (χ3v) is 4.58. The number of aromatic nitrogens is 2. The van der Waals surface area contributed by atoms with E-state index in [1.165, 1.54) is 38.5 Å². The Labute approximate surface area is 118 Å². The number of hydrogen-bond acceptors (Lipinski definition) is 2. The molecule has 1 heterocycles. The summed E-state index contributed by atoms with van der Waals surface area (Å²) < 4.78 is 0. The van der Waals surface area contributed by atoms with E-state index in [4.69, 9.17) is 5.73 Å². The zero-order valence-corrected chi connectivity index (χ0v) is 11.8. The average molecular weight is 273 g/mol. The maximum absolute atomic E-state index is 11.3. The van der Waals surface area contributed by atoms with Gasteiger partial charge >= 0.3 is 5.69 Å². The van der Waals surface area contributed by atoms with Crippen LogP contribution in [0, 0.1) is 5.92 Å². The van der Waals surface area contributed by atoms with Crippen LogP contribution >= 0.6 is 0 Å². The van der Waals surface area contributed by atoms with Gasteiger partial charge in [-0.25, -0.2) is 4.79 Å². The number of nitrogens with two attached hydrogens (primary N) is 1. The van der Waals surface area contributed by atoms with E-state index >= 15 is 0 Å².